The Morgan fingerprint density at radius 3 is 2.31 bits per heavy atom. The highest BCUT2D eigenvalue weighted by Gasteiger charge is 2.27. The molecule has 0 aliphatic rings. The number of nitrogens with zero attached hydrogens (tertiary/aromatic N) is 2. The number of aromatic nitrogens is 1. The third-order valence-corrected chi connectivity index (χ3v) is 5.50. The molecule has 0 amide bonds. The minimum atomic E-state index is -5.05. The van der Waals surface area contributed by atoms with Gasteiger partial charge in [-0.05, 0) is 64.7 Å². The van der Waals surface area contributed by atoms with Crippen LogP contribution in [0.5, 0.6) is 0 Å². The van der Waals surface area contributed by atoms with Gasteiger partial charge in [-0.2, -0.15) is 4.31 Å². The fourth-order valence-electron chi connectivity index (χ4n) is 2.44. The number of anilines is 1. The van der Waals surface area contributed by atoms with Crippen LogP contribution in [0.3, 0.4) is 0 Å². The van der Waals surface area contributed by atoms with Crippen molar-refractivity contribution < 1.29 is 33.0 Å². The van der Waals surface area contributed by atoms with Gasteiger partial charge in [0.15, 0.2) is 0 Å². The third-order valence-electron chi connectivity index (χ3n) is 3.56. The maximum Gasteiger partial charge on any atom is 0.478 e. The molecule has 13 heteroatoms. The van der Waals surface area contributed by atoms with Crippen molar-refractivity contribution in [2.45, 2.75) is 25.8 Å². The van der Waals surface area contributed by atoms with Crippen LogP contribution in [-0.4, -0.2) is 56.1 Å². The number of hydrogen-bond acceptors (Lipinski definition) is 6. The summed E-state index contributed by atoms with van der Waals surface area (Å²) in [7, 11) is -5.88. The van der Waals surface area contributed by atoms with E-state index < -0.39 is 15.6 Å². The quantitative estimate of drug-likeness (QED) is 0.364. The van der Waals surface area contributed by atoms with E-state index in [1.54, 1.807) is 0 Å². The van der Waals surface area contributed by atoms with Gasteiger partial charge in [-0.25, -0.2) is 9.13 Å². The van der Waals surface area contributed by atoms with Crippen LogP contribution in [0.4, 0.5) is 5.69 Å². The molecule has 164 valence electrons. The lowest BCUT2D eigenvalue weighted by molar-refractivity contribution is 0.225. The van der Waals surface area contributed by atoms with Crippen molar-refractivity contribution in [3.8, 4) is 0 Å². The third kappa shape index (κ3) is 11.6. The van der Waals surface area contributed by atoms with Gasteiger partial charge in [0.05, 0.1) is 5.52 Å². The van der Waals surface area contributed by atoms with Crippen LogP contribution >= 0.6 is 27.2 Å². The molecule has 0 saturated carbocycles. The summed E-state index contributed by atoms with van der Waals surface area (Å²) in [4.78, 5) is 37.6. The molecule has 0 bridgehead atoms. The lowest BCUT2D eigenvalue weighted by atomic mass is 10.1. The molecule has 0 saturated heterocycles. The lowest BCUT2D eigenvalue weighted by Crippen LogP contribution is -2.19. The zero-order valence-corrected chi connectivity index (χ0v) is 18.8. The first-order valence-electron chi connectivity index (χ1n) is 8.55. The van der Waals surface area contributed by atoms with Crippen LogP contribution in [0.15, 0.2) is 30.5 Å². The van der Waals surface area contributed by atoms with E-state index in [2.05, 4.69) is 40.5 Å². The van der Waals surface area contributed by atoms with Gasteiger partial charge in [0.1, 0.15) is 0 Å². The zero-order valence-electron chi connectivity index (χ0n) is 16.3. The number of benzene rings is 1. The van der Waals surface area contributed by atoms with Crippen molar-refractivity contribution >= 4 is 43.8 Å². The Morgan fingerprint density at radius 2 is 1.79 bits per heavy atom. The van der Waals surface area contributed by atoms with Gasteiger partial charge in [-0.1, -0.05) is 11.6 Å². The Bertz CT molecular complexity index is 868. The second-order valence-corrected chi connectivity index (χ2v) is 9.63. The fourth-order valence-corrected chi connectivity index (χ4v) is 3.71. The number of fused-ring (bicyclic) bond motifs is 1. The van der Waals surface area contributed by atoms with Crippen LogP contribution in [0.25, 0.3) is 10.9 Å². The number of hydrogen-bond donors (Lipinski definition) is 5. The van der Waals surface area contributed by atoms with E-state index in [4.69, 9.17) is 31.2 Å². The number of pyridine rings is 1. The van der Waals surface area contributed by atoms with Crippen LogP contribution in [0.1, 0.15) is 19.8 Å². The van der Waals surface area contributed by atoms with Gasteiger partial charge in [-0.15, -0.1) is 0 Å². The summed E-state index contributed by atoms with van der Waals surface area (Å²) >= 11 is 6.01. The Labute approximate surface area is 174 Å². The SMILES string of the molecule is CC(CCCN(C)C)Nc1ccnc2cc(Cl)ccc12.O=P(O)(O)OP(=O)(O)O. The number of rotatable bonds is 8. The minimum Gasteiger partial charge on any atom is -0.382 e. The van der Waals surface area contributed by atoms with Crippen molar-refractivity contribution in [3.05, 3.63) is 35.5 Å². The molecule has 0 radical (unpaired) electrons. The first kappa shape index (κ1) is 26.0. The highest BCUT2D eigenvalue weighted by Crippen LogP contribution is 2.53. The first-order chi connectivity index (χ1) is 13.3. The first-order valence-corrected chi connectivity index (χ1v) is 12.0. The number of nitrogens with one attached hydrogen (secondary N) is 1. The molecular weight excluding hydrogens is 444 g/mol. The van der Waals surface area contributed by atoms with Crippen LogP contribution in [-0.2, 0) is 13.4 Å². The molecule has 0 aliphatic heterocycles. The highest BCUT2D eigenvalue weighted by molar-refractivity contribution is 7.60. The van der Waals surface area contributed by atoms with Gasteiger partial charge >= 0.3 is 15.6 Å². The molecule has 5 N–H and O–H groups in total. The van der Waals surface area contributed by atoms with Gasteiger partial charge in [0.25, 0.3) is 0 Å². The van der Waals surface area contributed by atoms with E-state index in [1.807, 2.05) is 30.5 Å². The van der Waals surface area contributed by atoms with Crippen LogP contribution in [0.2, 0.25) is 5.02 Å². The molecule has 0 fully saturated rings. The normalized spacial score (nSPS) is 13.1. The maximum atomic E-state index is 9.63. The zero-order chi connectivity index (χ0) is 22.2. The number of halogens is 1. The average Bonchev–Trinajstić information content (AvgIpc) is 2.51. The summed E-state index contributed by atoms with van der Waals surface area (Å²) < 4.78 is 22.2. The van der Waals surface area contributed by atoms with Gasteiger partial charge in [-0.3, -0.25) is 4.98 Å². The fraction of sp³-hybridized carbons (Fsp3) is 0.438. The largest absolute Gasteiger partial charge is 0.478 e. The Balaban J connectivity index is 0.000000396. The summed E-state index contributed by atoms with van der Waals surface area (Å²) in [5, 5.41) is 5.42. The molecule has 1 aromatic carbocycles. The minimum absolute atomic E-state index is 0.441. The molecule has 0 spiro atoms. The van der Waals surface area contributed by atoms with E-state index >= 15 is 0 Å². The Morgan fingerprint density at radius 1 is 1.17 bits per heavy atom. The molecule has 1 aromatic heterocycles. The van der Waals surface area contributed by atoms with E-state index in [0.29, 0.717) is 6.04 Å². The van der Waals surface area contributed by atoms with Crippen molar-refractivity contribution in [2.75, 3.05) is 26.0 Å². The van der Waals surface area contributed by atoms with Crippen molar-refractivity contribution in [2.24, 2.45) is 0 Å². The summed E-state index contributed by atoms with van der Waals surface area (Å²) in [6, 6.07) is 8.31. The molecule has 29 heavy (non-hydrogen) atoms. The molecule has 1 heterocycles. The van der Waals surface area contributed by atoms with Crippen molar-refractivity contribution in [1.29, 1.82) is 0 Å². The van der Waals surface area contributed by atoms with Crippen LogP contribution in [0, 0.1) is 0 Å². The van der Waals surface area contributed by atoms with Gasteiger partial charge < -0.3 is 29.8 Å². The van der Waals surface area contributed by atoms with Gasteiger partial charge in [0, 0.05) is 28.3 Å². The Kier molecular flexibility index (Phi) is 10.2. The molecule has 0 aliphatic carbocycles. The van der Waals surface area contributed by atoms with Crippen molar-refractivity contribution in [1.82, 2.24) is 9.88 Å². The van der Waals surface area contributed by atoms with E-state index in [9.17, 15) is 9.13 Å². The maximum absolute atomic E-state index is 9.63. The highest BCUT2D eigenvalue weighted by atomic mass is 35.5. The standard InChI is InChI=1S/C16H22ClN3.H4O7P2/c1-12(5-4-10-20(2)3)19-15-8-9-18-16-11-13(17)6-7-14(15)16;1-8(2,3)7-9(4,5)6/h6-9,11-12H,4-5,10H2,1-3H3,(H,18,19);(H2,1,2,3)(H2,4,5,6). The average molecular weight is 470 g/mol. The van der Waals surface area contributed by atoms with Gasteiger partial charge in [0.2, 0.25) is 0 Å². The Hall–Kier alpha value is -1.06. The monoisotopic (exact) mass is 469 g/mol. The lowest BCUT2D eigenvalue weighted by Gasteiger charge is -2.18. The smallest absolute Gasteiger partial charge is 0.382 e. The molecule has 2 aromatic rings. The molecule has 1 unspecified atom stereocenters. The predicted octanol–water partition coefficient (Wildman–Crippen LogP) is 3.22. The summed E-state index contributed by atoms with van der Waals surface area (Å²) in [6.45, 7) is 3.34. The van der Waals surface area contributed by atoms with E-state index in [-0.39, 0.29) is 0 Å². The topological polar surface area (TPSA) is 152 Å². The van der Waals surface area contributed by atoms with Crippen molar-refractivity contribution in [3.63, 3.8) is 0 Å². The van der Waals surface area contributed by atoms with Crippen LogP contribution < -0.4 is 5.32 Å². The van der Waals surface area contributed by atoms with E-state index in [0.717, 1.165) is 34.6 Å². The molecule has 2 rings (SSSR count). The predicted molar refractivity (Wildman–Crippen MR) is 113 cm³/mol. The number of phosphoric acid groups is 2. The summed E-state index contributed by atoms with van der Waals surface area (Å²) in [5.74, 6) is 0. The summed E-state index contributed by atoms with van der Waals surface area (Å²) in [6.07, 6.45) is 4.17. The second kappa shape index (κ2) is 11.4. The molecule has 10 nitrogen and oxygen atoms in total. The summed E-state index contributed by atoms with van der Waals surface area (Å²) in [5.41, 5.74) is 2.06. The second-order valence-electron chi connectivity index (χ2n) is 6.57. The molecular formula is C16H26ClN3O7P2. The molecule has 1 atom stereocenters. The van der Waals surface area contributed by atoms with E-state index in [1.165, 1.54) is 6.42 Å².